The summed E-state index contributed by atoms with van der Waals surface area (Å²) >= 11 is 0. The number of hydrogen-bond acceptors (Lipinski definition) is 3. The van der Waals surface area contributed by atoms with E-state index in [2.05, 4.69) is 17.6 Å². The summed E-state index contributed by atoms with van der Waals surface area (Å²) in [5.74, 6) is -1.48. The van der Waals surface area contributed by atoms with E-state index in [1.807, 2.05) is 0 Å². The van der Waals surface area contributed by atoms with E-state index in [1.165, 1.54) is 4.90 Å². The van der Waals surface area contributed by atoms with Gasteiger partial charge in [-0.15, -0.1) is 0 Å². The van der Waals surface area contributed by atoms with E-state index in [1.54, 1.807) is 0 Å². The van der Waals surface area contributed by atoms with Crippen LogP contribution in [0.25, 0.3) is 0 Å². The lowest BCUT2D eigenvalue weighted by Crippen LogP contribution is -2.60. The topological polar surface area (TPSA) is 98.7 Å². The highest BCUT2D eigenvalue weighted by molar-refractivity contribution is 5.91. The molecule has 3 amide bonds. The van der Waals surface area contributed by atoms with Crippen molar-refractivity contribution >= 4 is 17.9 Å². The lowest BCUT2D eigenvalue weighted by molar-refractivity contribution is -0.142. The maximum absolute atomic E-state index is 12.3. The number of carbonyl (C=O) groups excluding carboxylic acids is 2. The molecular weight excluding hydrogens is 274 g/mol. The number of hydrogen-bond donors (Lipinski definition) is 3. The van der Waals surface area contributed by atoms with E-state index in [4.69, 9.17) is 5.11 Å². The predicted octanol–water partition coefficient (Wildman–Crippen LogP) is 0.551. The molecule has 0 spiro atoms. The summed E-state index contributed by atoms with van der Waals surface area (Å²) < 4.78 is 0. The van der Waals surface area contributed by atoms with Gasteiger partial charge in [0.1, 0.15) is 6.04 Å². The standard InChI is InChI=1S/C14H23N3O4/c1-2-3-14(4-5-14)9-16-13(21)17-7-6-15-12(20)10(17)8-11(18)19/h10H,2-9H2,1H3,(H,15,20)(H,16,21)(H,18,19). The van der Waals surface area contributed by atoms with E-state index in [0.717, 1.165) is 25.7 Å². The van der Waals surface area contributed by atoms with Gasteiger partial charge in [-0.2, -0.15) is 0 Å². The van der Waals surface area contributed by atoms with Crippen LogP contribution >= 0.6 is 0 Å². The van der Waals surface area contributed by atoms with Gasteiger partial charge in [0, 0.05) is 19.6 Å². The van der Waals surface area contributed by atoms with Crippen molar-refractivity contribution in [2.24, 2.45) is 5.41 Å². The number of piperazine rings is 1. The Hall–Kier alpha value is -1.79. The molecule has 1 unspecified atom stereocenters. The van der Waals surface area contributed by atoms with Crippen LogP contribution in [-0.2, 0) is 9.59 Å². The first-order valence-electron chi connectivity index (χ1n) is 7.51. The molecule has 0 bridgehead atoms. The van der Waals surface area contributed by atoms with Gasteiger partial charge < -0.3 is 20.6 Å². The van der Waals surface area contributed by atoms with E-state index in [-0.39, 0.29) is 17.9 Å². The van der Waals surface area contributed by atoms with Crippen LogP contribution in [0, 0.1) is 5.41 Å². The number of amides is 3. The molecule has 1 saturated heterocycles. The van der Waals surface area contributed by atoms with Crippen LogP contribution in [0.4, 0.5) is 4.79 Å². The number of carboxylic acid groups (broad SMARTS) is 1. The zero-order chi connectivity index (χ0) is 15.5. The summed E-state index contributed by atoms with van der Waals surface area (Å²) in [4.78, 5) is 36.2. The molecule has 1 heterocycles. The number of nitrogens with one attached hydrogen (secondary N) is 2. The number of carbonyl (C=O) groups is 3. The molecule has 0 aromatic carbocycles. The molecule has 2 aliphatic rings. The number of carboxylic acids is 1. The minimum atomic E-state index is -1.08. The van der Waals surface area contributed by atoms with Crippen LogP contribution in [0.2, 0.25) is 0 Å². The average molecular weight is 297 g/mol. The van der Waals surface area contributed by atoms with E-state index >= 15 is 0 Å². The van der Waals surface area contributed by atoms with Gasteiger partial charge in [-0.25, -0.2) is 4.79 Å². The number of nitrogens with zero attached hydrogens (tertiary/aromatic N) is 1. The Morgan fingerprint density at radius 3 is 2.76 bits per heavy atom. The first-order chi connectivity index (χ1) is 9.97. The molecule has 1 aliphatic heterocycles. The average Bonchev–Trinajstić information content (AvgIpc) is 3.19. The third-order valence-electron chi connectivity index (χ3n) is 4.31. The summed E-state index contributed by atoms with van der Waals surface area (Å²) in [5, 5.41) is 14.4. The molecule has 1 aliphatic carbocycles. The van der Waals surface area contributed by atoms with Crippen molar-refractivity contribution < 1.29 is 19.5 Å². The van der Waals surface area contributed by atoms with Crippen molar-refractivity contribution in [3.63, 3.8) is 0 Å². The second kappa shape index (κ2) is 6.32. The van der Waals surface area contributed by atoms with Crippen LogP contribution in [0.1, 0.15) is 39.0 Å². The zero-order valence-corrected chi connectivity index (χ0v) is 12.4. The Morgan fingerprint density at radius 2 is 2.19 bits per heavy atom. The first-order valence-corrected chi connectivity index (χ1v) is 7.51. The lowest BCUT2D eigenvalue weighted by Gasteiger charge is -2.34. The van der Waals surface area contributed by atoms with Gasteiger partial charge in [0.2, 0.25) is 5.91 Å². The predicted molar refractivity (Wildman–Crippen MR) is 75.7 cm³/mol. The van der Waals surface area contributed by atoms with Crippen LogP contribution in [0.15, 0.2) is 0 Å². The van der Waals surface area contributed by atoms with Gasteiger partial charge >= 0.3 is 12.0 Å². The summed E-state index contributed by atoms with van der Waals surface area (Å²) in [6.07, 6.45) is 4.07. The van der Waals surface area contributed by atoms with Crippen LogP contribution < -0.4 is 10.6 Å². The van der Waals surface area contributed by atoms with Crippen molar-refractivity contribution in [2.45, 2.75) is 45.1 Å². The highest BCUT2D eigenvalue weighted by Crippen LogP contribution is 2.48. The quantitative estimate of drug-likeness (QED) is 0.667. The molecule has 0 radical (unpaired) electrons. The summed E-state index contributed by atoms with van der Waals surface area (Å²) in [6.45, 7) is 3.44. The van der Waals surface area contributed by atoms with Crippen molar-refractivity contribution in [2.75, 3.05) is 19.6 Å². The van der Waals surface area contributed by atoms with Gasteiger partial charge in [-0.3, -0.25) is 9.59 Å². The van der Waals surface area contributed by atoms with Crippen LogP contribution in [0.3, 0.4) is 0 Å². The molecular formula is C14H23N3O4. The Morgan fingerprint density at radius 1 is 1.48 bits per heavy atom. The maximum Gasteiger partial charge on any atom is 0.318 e. The fourth-order valence-electron chi connectivity index (χ4n) is 2.91. The molecule has 0 aromatic heterocycles. The molecule has 1 atom stereocenters. The molecule has 7 heteroatoms. The Bertz CT molecular complexity index is 434. The van der Waals surface area contributed by atoms with E-state index < -0.39 is 17.9 Å². The molecule has 7 nitrogen and oxygen atoms in total. The Labute approximate surface area is 124 Å². The largest absolute Gasteiger partial charge is 0.481 e. The van der Waals surface area contributed by atoms with Gasteiger partial charge in [0.05, 0.1) is 6.42 Å². The molecule has 1 saturated carbocycles. The second-order valence-electron chi connectivity index (χ2n) is 6.01. The van der Waals surface area contributed by atoms with Crippen molar-refractivity contribution in [3.05, 3.63) is 0 Å². The monoisotopic (exact) mass is 297 g/mol. The van der Waals surface area contributed by atoms with Crippen molar-refractivity contribution in [1.29, 1.82) is 0 Å². The van der Waals surface area contributed by atoms with E-state index in [9.17, 15) is 14.4 Å². The highest BCUT2D eigenvalue weighted by atomic mass is 16.4. The van der Waals surface area contributed by atoms with Crippen LogP contribution in [-0.4, -0.2) is 53.6 Å². The minimum absolute atomic E-state index is 0.227. The number of urea groups is 1. The highest BCUT2D eigenvalue weighted by Gasteiger charge is 2.42. The summed E-state index contributed by atoms with van der Waals surface area (Å²) in [6, 6.07) is -1.25. The van der Waals surface area contributed by atoms with Gasteiger partial charge in [0.25, 0.3) is 0 Å². The fraction of sp³-hybridized carbons (Fsp3) is 0.786. The van der Waals surface area contributed by atoms with Gasteiger partial charge in [-0.05, 0) is 24.7 Å². The molecule has 21 heavy (non-hydrogen) atoms. The zero-order valence-electron chi connectivity index (χ0n) is 12.4. The number of rotatable bonds is 6. The van der Waals surface area contributed by atoms with Gasteiger partial charge in [0.15, 0.2) is 0 Å². The van der Waals surface area contributed by atoms with E-state index in [0.29, 0.717) is 19.6 Å². The van der Waals surface area contributed by atoms with Crippen molar-refractivity contribution in [1.82, 2.24) is 15.5 Å². The third-order valence-corrected chi connectivity index (χ3v) is 4.31. The Kier molecular flexibility index (Phi) is 4.69. The smallest absolute Gasteiger partial charge is 0.318 e. The summed E-state index contributed by atoms with van der Waals surface area (Å²) in [7, 11) is 0. The molecule has 118 valence electrons. The fourth-order valence-corrected chi connectivity index (χ4v) is 2.91. The SMILES string of the molecule is CCCC1(CNC(=O)N2CCNC(=O)C2CC(=O)O)CC1. The second-order valence-corrected chi connectivity index (χ2v) is 6.01. The van der Waals surface area contributed by atoms with Crippen LogP contribution in [0.5, 0.6) is 0 Å². The Balaban J connectivity index is 1.92. The number of aliphatic carboxylic acids is 1. The maximum atomic E-state index is 12.3. The van der Waals surface area contributed by atoms with Gasteiger partial charge in [-0.1, -0.05) is 13.3 Å². The normalized spacial score (nSPS) is 23.4. The first kappa shape index (κ1) is 15.6. The molecule has 3 N–H and O–H groups in total. The molecule has 0 aromatic rings. The summed E-state index contributed by atoms with van der Waals surface area (Å²) in [5.41, 5.74) is 0.227. The lowest BCUT2D eigenvalue weighted by atomic mass is 10.0. The molecule has 2 fully saturated rings. The minimum Gasteiger partial charge on any atom is -0.481 e. The van der Waals surface area contributed by atoms with Crippen molar-refractivity contribution in [3.8, 4) is 0 Å². The third kappa shape index (κ3) is 3.86. The molecule has 2 rings (SSSR count).